The van der Waals surface area contributed by atoms with Crippen LogP contribution in [-0.2, 0) is 6.54 Å². The van der Waals surface area contributed by atoms with E-state index in [1.165, 1.54) is 0 Å². The first-order valence-corrected chi connectivity index (χ1v) is 5.06. The van der Waals surface area contributed by atoms with Crippen molar-refractivity contribution in [2.24, 2.45) is 5.92 Å². The fourth-order valence-corrected chi connectivity index (χ4v) is 1.22. The predicted octanol–water partition coefficient (Wildman–Crippen LogP) is 2.32. The highest BCUT2D eigenvalue weighted by Gasteiger charge is 2.00. The van der Waals surface area contributed by atoms with E-state index < -0.39 is 0 Å². The molecule has 0 amide bonds. The van der Waals surface area contributed by atoms with Gasteiger partial charge in [0.25, 0.3) is 0 Å². The van der Waals surface area contributed by atoms with Crippen molar-refractivity contribution in [1.29, 1.82) is 0 Å². The van der Waals surface area contributed by atoms with Crippen molar-refractivity contribution < 1.29 is 0 Å². The molecule has 3 nitrogen and oxygen atoms in total. The van der Waals surface area contributed by atoms with Crippen molar-refractivity contribution in [1.82, 2.24) is 10.7 Å². The van der Waals surface area contributed by atoms with Crippen molar-refractivity contribution in [3.8, 4) is 0 Å². The number of hydrogen-bond acceptors (Lipinski definition) is 2. The Balaban J connectivity index is 2.49. The first-order valence-electron chi connectivity index (χ1n) is 5.06. The van der Waals surface area contributed by atoms with E-state index in [2.05, 4.69) is 24.1 Å². The summed E-state index contributed by atoms with van der Waals surface area (Å²) in [6.07, 6.45) is 2.89. The fourth-order valence-electron chi connectivity index (χ4n) is 1.22. The van der Waals surface area contributed by atoms with Gasteiger partial charge in [0.15, 0.2) is 0 Å². The predicted molar refractivity (Wildman–Crippen MR) is 59.0 cm³/mol. The molecule has 1 aromatic rings. The summed E-state index contributed by atoms with van der Waals surface area (Å²) in [7, 11) is 0. The standard InChI is InChI=1S/C11H18N3/c1-9(2)5-7-14-11-10(8-12)4-3-6-13-11/h3-4,6,9,12H,5,7-8H2,1-2H3,(H,13,14). The van der Waals surface area contributed by atoms with Gasteiger partial charge in [0.1, 0.15) is 5.82 Å². The summed E-state index contributed by atoms with van der Waals surface area (Å²) in [5.74, 6) is 1.56. The van der Waals surface area contributed by atoms with E-state index in [4.69, 9.17) is 5.73 Å². The number of nitrogens with zero attached hydrogens (tertiary/aromatic N) is 1. The molecule has 0 saturated carbocycles. The number of aromatic nitrogens is 1. The van der Waals surface area contributed by atoms with Crippen molar-refractivity contribution in [3.05, 3.63) is 23.9 Å². The third kappa shape index (κ3) is 3.34. The zero-order valence-electron chi connectivity index (χ0n) is 8.88. The van der Waals surface area contributed by atoms with Gasteiger partial charge in [0, 0.05) is 24.8 Å². The summed E-state index contributed by atoms with van der Waals surface area (Å²) in [4.78, 5) is 4.22. The van der Waals surface area contributed by atoms with Gasteiger partial charge in [0.2, 0.25) is 0 Å². The van der Waals surface area contributed by atoms with Crippen LogP contribution in [-0.4, -0.2) is 11.5 Å². The first-order chi connectivity index (χ1) is 6.74. The smallest absolute Gasteiger partial charge is 0.130 e. The number of nitrogens with one attached hydrogen (secondary N) is 2. The molecule has 0 aliphatic heterocycles. The zero-order valence-corrected chi connectivity index (χ0v) is 8.88. The van der Waals surface area contributed by atoms with Gasteiger partial charge < -0.3 is 5.32 Å². The van der Waals surface area contributed by atoms with E-state index >= 15 is 0 Å². The molecule has 0 aromatic carbocycles. The molecule has 2 N–H and O–H groups in total. The normalized spacial score (nSPS) is 10.6. The molecule has 0 atom stereocenters. The average Bonchev–Trinajstić information content (AvgIpc) is 2.18. The van der Waals surface area contributed by atoms with E-state index in [0.717, 1.165) is 24.3 Å². The lowest BCUT2D eigenvalue weighted by molar-refractivity contribution is 0.606. The van der Waals surface area contributed by atoms with Gasteiger partial charge in [-0.3, -0.25) is 5.73 Å². The van der Waals surface area contributed by atoms with Gasteiger partial charge in [-0.25, -0.2) is 4.98 Å². The van der Waals surface area contributed by atoms with Gasteiger partial charge in [-0.15, -0.1) is 0 Å². The van der Waals surface area contributed by atoms with Gasteiger partial charge >= 0.3 is 0 Å². The Kier molecular flexibility index (Phi) is 4.40. The lowest BCUT2D eigenvalue weighted by atomic mass is 10.1. The molecule has 0 unspecified atom stereocenters. The maximum absolute atomic E-state index is 7.32. The summed E-state index contributed by atoms with van der Waals surface area (Å²) >= 11 is 0. The maximum Gasteiger partial charge on any atom is 0.130 e. The number of rotatable bonds is 5. The van der Waals surface area contributed by atoms with Crippen LogP contribution >= 0.6 is 0 Å². The average molecular weight is 192 g/mol. The quantitative estimate of drug-likeness (QED) is 0.778. The third-order valence-corrected chi connectivity index (χ3v) is 2.10. The molecule has 0 bridgehead atoms. The van der Waals surface area contributed by atoms with Crippen LogP contribution in [0.3, 0.4) is 0 Å². The molecular weight excluding hydrogens is 174 g/mol. The van der Waals surface area contributed by atoms with Crippen LogP contribution < -0.4 is 11.1 Å². The molecule has 0 aliphatic carbocycles. The second-order valence-electron chi connectivity index (χ2n) is 3.80. The molecular formula is C11H18N3. The van der Waals surface area contributed by atoms with Crippen molar-refractivity contribution in [3.63, 3.8) is 0 Å². The third-order valence-electron chi connectivity index (χ3n) is 2.10. The van der Waals surface area contributed by atoms with Crippen molar-refractivity contribution >= 4 is 5.82 Å². The number of pyridine rings is 1. The number of hydrogen-bond donors (Lipinski definition) is 1. The summed E-state index contributed by atoms with van der Waals surface area (Å²) in [5.41, 5.74) is 8.29. The lowest BCUT2D eigenvalue weighted by Crippen LogP contribution is -2.08. The van der Waals surface area contributed by atoms with Gasteiger partial charge in [0.05, 0.1) is 0 Å². The fraction of sp³-hybridized carbons (Fsp3) is 0.545. The maximum atomic E-state index is 7.32. The highest BCUT2D eigenvalue weighted by Crippen LogP contribution is 2.11. The summed E-state index contributed by atoms with van der Waals surface area (Å²) in [6.45, 7) is 5.62. The summed E-state index contributed by atoms with van der Waals surface area (Å²) in [5, 5.41) is 3.26. The van der Waals surface area contributed by atoms with Gasteiger partial charge in [-0.1, -0.05) is 19.9 Å². The molecule has 3 heteroatoms. The Bertz CT molecular complexity index is 271. The van der Waals surface area contributed by atoms with E-state index in [0.29, 0.717) is 5.92 Å². The molecule has 0 spiro atoms. The molecule has 0 aliphatic rings. The first kappa shape index (κ1) is 11.0. The second-order valence-corrected chi connectivity index (χ2v) is 3.80. The molecule has 0 fully saturated rings. The molecule has 1 aromatic heterocycles. The van der Waals surface area contributed by atoms with Gasteiger partial charge in [-0.05, 0) is 18.4 Å². The Morgan fingerprint density at radius 2 is 2.29 bits per heavy atom. The van der Waals surface area contributed by atoms with E-state index in [1.807, 2.05) is 12.1 Å². The van der Waals surface area contributed by atoms with Gasteiger partial charge in [-0.2, -0.15) is 0 Å². The Labute approximate surface area is 85.7 Å². The second kappa shape index (κ2) is 5.60. The van der Waals surface area contributed by atoms with Crippen LogP contribution in [0, 0.1) is 5.92 Å². The topological polar surface area (TPSA) is 48.7 Å². The minimum Gasteiger partial charge on any atom is -0.370 e. The minimum absolute atomic E-state index is 0.290. The zero-order chi connectivity index (χ0) is 10.4. The molecule has 1 heterocycles. The molecule has 77 valence electrons. The van der Waals surface area contributed by atoms with Crippen LogP contribution in [0.5, 0.6) is 0 Å². The highest BCUT2D eigenvalue weighted by atomic mass is 15.0. The molecule has 1 rings (SSSR count). The van der Waals surface area contributed by atoms with Crippen LogP contribution in [0.4, 0.5) is 5.82 Å². The highest BCUT2D eigenvalue weighted by molar-refractivity contribution is 5.43. The van der Waals surface area contributed by atoms with Crippen LogP contribution in [0.15, 0.2) is 18.3 Å². The van der Waals surface area contributed by atoms with Crippen LogP contribution in [0.1, 0.15) is 25.8 Å². The Morgan fingerprint density at radius 3 is 2.93 bits per heavy atom. The largest absolute Gasteiger partial charge is 0.370 e. The molecule has 14 heavy (non-hydrogen) atoms. The Morgan fingerprint density at radius 1 is 1.50 bits per heavy atom. The van der Waals surface area contributed by atoms with E-state index in [-0.39, 0.29) is 6.54 Å². The number of anilines is 1. The SMILES string of the molecule is CC(C)CCNc1ncccc1C[NH]. The van der Waals surface area contributed by atoms with Crippen LogP contribution in [0.2, 0.25) is 0 Å². The van der Waals surface area contributed by atoms with Crippen molar-refractivity contribution in [2.75, 3.05) is 11.9 Å². The monoisotopic (exact) mass is 192 g/mol. The Hall–Kier alpha value is -1.09. The van der Waals surface area contributed by atoms with Crippen LogP contribution in [0.25, 0.3) is 0 Å². The minimum atomic E-state index is 0.290. The summed E-state index contributed by atoms with van der Waals surface area (Å²) < 4.78 is 0. The van der Waals surface area contributed by atoms with Crippen molar-refractivity contribution in [2.45, 2.75) is 26.8 Å². The lowest BCUT2D eigenvalue weighted by Gasteiger charge is -2.10. The molecule has 0 saturated heterocycles. The molecule has 1 radical (unpaired) electrons. The van der Waals surface area contributed by atoms with E-state index in [1.54, 1.807) is 6.20 Å². The van der Waals surface area contributed by atoms with E-state index in [9.17, 15) is 0 Å². The summed E-state index contributed by atoms with van der Waals surface area (Å²) in [6, 6.07) is 3.81.